The molecule has 1 heteroatoms. The first-order valence-electron chi connectivity index (χ1n) is 5.35. The largest absolute Gasteiger partial charge is 0.118 e. The average molecular weight is 209 g/mol. The molecule has 2 rings (SSSR count). The van der Waals surface area contributed by atoms with E-state index in [0.717, 1.165) is 6.42 Å². The highest BCUT2D eigenvalue weighted by Crippen LogP contribution is 2.43. The summed E-state index contributed by atoms with van der Waals surface area (Å²) in [5, 5.41) is 0.237. The molecule has 0 aromatic heterocycles. The van der Waals surface area contributed by atoms with Crippen LogP contribution in [0.5, 0.6) is 0 Å². The maximum absolute atomic E-state index is 6.39. The van der Waals surface area contributed by atoms with Crippen molar-refractivity contribution in [3.63, 3.8) is 0 Å². The van der Waals surface area contributed by atoms with Gasteiger partial charge in [-0.1, -0.05) is 19.1 Å². The van der Waals surface area contributed by atoms with Gasteiger partial charge in [0.15, 0.2) is 0 Å². The summed E-state index contributed by atoms with van der Waals surface area (Å²) >= 11 is 6.39. The summed E-state index contributed by atoms with van der Waals surface area (Å²) in [6, 6.07) is 4.42. The van der Waals surface area contributed by atoms with E-state index in [-0.39, 0.29) is 5.38 Å². The molecule has 0 radical (unpaired) electrons. The average Bonchev–Trinajstić information content (AvgIpc) is 2.16. The lowest BCUT2D eigenvalue weighted by Crippen LogP contribution is -2.12. The first-order chi connectivity index (χ1) is 6.61. The van der Waals surface area contributed by atoms with Crippen LogP contribution in [0.4, 0.5) is 0 Å². The molecular weight excluding hydrogens is 192 g/mol. The first-order valence-corrected chi connectivity index (χ1v) is 5.79. The number of hydrogen-bond acceptors (Lipinski definition) is 0. The van der Waals surface area contributed by atoms with Crippen LogP contribution < -0.4 is 0 Å². The van der Waals surface area contributed by atoms with E-state index in [9.17, 15) is 0 Å². The van der Waals surface area contributed by atoms with Crippen molar-refractivity contribution >= 4 is 11.6 Å². The summed E-state index contributed by atoms with van der Waals surface area (Å²) < 4.78 is 0. The van der Waals surface area contributed by atoms with E-state index in [4.69, 9.17) is 11.6 Å². The maximum atomic E-state index is 6.39. The Kier molecular flexibility index (Phi) is 2.57. The third-order valence-electron chi connectivity index (χ3n) is 3.38. The van der Waals surface area contributed by atoms with Crippen molar-refractivity contribution in [2.45, 2.75) is 44.9 Å². The molecule has 1 aromatic rings. The minimum absolute atomic E-state index is 0.237. The Morgan fingerprint density at radius 2 is 1.64 bits per heavy atom. The molecule has 0 N–H and O–H groups in total. The quantitative estimate of drug-likeness (QED) is 0.552. The second-order valence-electron chi connectivity index (χ2n) is 4.47. The van der Waals surface area contributed by atoms with E-state index in [1.54, 1.807) is 0 Å². The van der Waals surface area contributed by atoms with Crippen molar-refractivity contribution in [1.29, 1.82) is 0 Å². The molecule has 1 aromatic carbocycles. The fourth-order valence-electron chi connectivity index (χ4n) is 2.61. The van der Waals surface area contributed by atoms with Crippen LogP contribution in [-0.2, 0) is 0 Å². The predicted molar refractivity (Wildman–Crippen MR) is 62.2 cm³/mol. The zero-order valence-corrected chi connectivity index (χ0v) is 9.86. The summed E-state index contributed by atoms with van der Waals surface area (Å²) in [6.45, 7) is 6.68. The lowest BCUT2D eigenvalue weighted by molar-refractivity contribution is 0.573. The van der Waals surface area contributed by atoms with E-state index >= 15 is 0 Å². The van der Waals surface area contributed by atoms with Gasteiger partial charge in [0.25, 0.3) is 0 Å². The maximum Gasteiger partial charge on any atom is 0.0590 e. The van der Waals surface area contributed by atoms with Crippen LogP contribution in [0, 0.1) is 13.8 Å². The van der Waals surface area contributed by atoms with Gasteiger partial charge < -0.3 is 0 Å². The summed E-state index contributed by atoms with van der Waals surface area (Å²) in [5.41, 5.74) is 5.68. The van der Waals surface area contributed by atoms with E-state index < -0.39 is 0 Å². The Bertz CT molecular complexity index is 319. The van der Waals surface area contributed by atoms with Crippen LogP contribution in [0.1, 0.15) is 53.3 Å². The van der Waals surface area contributed by atoms with Gasteiger partial charge in [-0.2, -0.15) is 0 Å². The van der Waals surface area contributed by atoms with Crippen molar-refractivity contribution in [1.82, 2.24) is 0 Å². The molecule has 14 heavy (non-hydrogen) atoms. The SMILES string of the molecule is Cc1ccc(C)c2c1C(C)CCC2Cl. The van der Waals surface area contributed by atoms with Crippen LogP contribution in [0.2, 0.25) is 0 Å². The lowest BCUT2D eigenvalue weighted by Gasteiger charge is -2.29. The number of halogens is 1. The molecule has 2 unspecified atom stereocenters. The predicted octanol–water partition coefficient (Wildman–Crippen LogP) is 4.48. The van der Waals surface area contributed by atoms with Gasteiger partial charge in [-0.3, -0.25) is 0 Å². The first kappa shape index (κ1) is 10.0. The molecule has 1 aliphatic rings. The fraction of sp³-hybridized carbons (Fsp3) is 0.538. The Morgan fingerprint density at radius 1 is 1.07 bits per heavy atom. The third-order valence-corrected chi connectivity index (χ3v) is 3.82. The summed E-state index contributed by atoms with van der Waals surface area (Å²) in [7, 11) is 0. The Hall–Kier alpha value is -0.490. The highest BCUT2D eigenvalue weighted by molar-refractivity contribution is 6.21. The molecule has 1 aliphatic carbocycles. The third kappa shape index (κ3) is 1.46. The molecule has 76 valence electrons. The number of aryl methyl sites for hydroxylation is 2. The van der Waals surface area contributed by atoms with Crippen molar-refractivity contribution in [3.8, 4) is 0 Å². The standard InChI is InChI=1S/C13H17Cl/c1-8-4-5-10(3)13-11(14)7-6-9(2)12(8)13/h4-5,9,11H,6-7H2,1-3H3. The fourth-order valence-corrected chi connectivity index (χ4v) is 3.02. The Labute approximate surface area is 91.3 Å². The summed E-state index contributed by atoms with van der Waals surface area (Å²) in [5.74, 6) is 0.680. The monoisotopic (exact) mass is 208 g/mol. The van der Waals surface area contributed by atoms with Gasteiger partial charge in [-0.15, -0.1) is 11.6 Å². The van der Waals surface area contributed by atoms with Gasteiger partial charge in [0.1, 0.15) is 0 Å². The number of benzene rings is 1. The topological polar surface area (TPSA) is 0 Å². The van der Waals surface area contributed by atoms with Crippen molar-refractivity contribution in [2.24, 2.45) is 0 Å². The number of rotatable bonds is 0. The van der Waals surface area contributed by atoms with E-state index in [2.05, 4.69) is 32.9 Å². The second-order valence-corrected chi connectivity index (χ2v) is 5.00. The smallest absolute Gasteiger partial charge is 0.0590 e. The molecule has 0 spiro atoms. The van der Waals surface area contributed by atoms with Crippen molar-refractivity contribution < 1.29 is 0 Å². The molecule has 0 saturated heterocycles. The second kappa shape index (κ2) is 3.58. The molecule has 0 saturated carbocycles. The van der Waals surface area contributed by atoms with E-state index in [1.807, 2.05) is 0 Å². The van der Waals surface area contributed by atoms with Gasteiger partial charge in [0, 0.05) is 0 Å². The molecule has 2 atom stereocenters. The molecular formula is C13H17Cl. The zero-order valence-electron chi connectivity index (χ0n) is 9.10. The van der Waals surface area contributed by atoms with Crippen LogP contribution >= 0.6 is 11.6 Å². The highest BCUT2D eigenvalue weighted by atomic mass is 35.5. The normalized spacial score (nSPS) is 26.0. The number of hydrogen-bond donors (Lipinski definition) is 0. The Balaban J connectivity index is 2.65. The van der Waals surface area contributed by atoms with Crippen LogP contribution in [-0.4, -0.2) is 0 Å². The van der Waals surface area contributed by atoms with Crippen LogP contribution in [0.3, 0.4) is 0 Å². The van der Waals surface area contributed by atoms with Gasteiger partial charge in [0.05, 0.1) is 5.38 Å². The van der Waals surface area contributed by atoms with Crippen LogP contribution in [0.25, 0.3) is 0 Å². The lowest BCUT2D eigenvalue weighted by atomic mass is 9.79. The van der Waals surface area contributed by atoms with Gasteiger partial charge in [-0.05, 0) is 54.9 Å². The van der Waals surface area contributed by atoms with Gasteiger partial charge in [-0.25, -0.2) is 0 Å². The van der Waals surface area contributed by atoms with Gasteiger partial charge >= 0.3 is 0 Å². The van der Waals surface area contributed by atoms with Gasteiger partial charge in [0.2, 0.25) is 0 Å². The highest BCUT2D eigenvalue weighted by Gasteiger charge is 2.25. The summed E-state index contributed by atoms with van der Waals surface area (Å²) in [6.07, 6.45) is 2.35. The Morgan fingerprint density at radius 3 is 2.21 bits per heavy atom. The molecule has 0 fully saturated rings. The molecule has 0 amide bonds. The molecule has 0 aliphatic heterocycles. The molecule has 0 heterocycles. The molecule has 0 bridgehead atoms. The summed E-state index contributed by atoms with van der Waals surface area (Å²) in [4.78, 5) is 0. The van der Waals surface area contributed by atoms with E-state index in [0.29, 0.717) is 5.92 Å². The minimum Gasteiger partial charge on any atom is -0.118 e. The zero-order chi connectivity index (χ0) is 10.3. The van der Waals surface area contributed by atoms with Crippen molar-refractivity contribution in [2.75, 3.05) is 0 Å². The number of alkyl halides is 1. The van der Waals surface area contributed by atoms with Crippen LogP contribution in [0.15, 0.2) is 12.1 Å². The minimum atomic E-state index is 0.237. The van der Waals surface area contributed by atoms with Crippen molar-refractivity contribution in [3.05, 3.63) is 34.4 Å². The molecule has 0 nitrogen and oxygen atoms in total. The van der Waals surface area contributed by atoms with E-state index in [1.165, 1.54) is 28.7 Å². The number of fused-ring (bicyclic) bond motifs is 1.